The number of carbonyl (C=O) groups excluding carboxylic acids is 2. The summed E-state index contributed by atoms with van der Waals surface area (Å²) >= 11 is 0. The highest BCUT2D eigenvalue weighted by atomic mass is 16.6. The van der Waals surface area contributed by atoms with Crippen molar-refractivity contribution in [2.75, 3.05) is 7.11 Å². The molecular weight excluding hydrogens is 478 g/mol. The molecule has 0 radical (unpaired) electrons. The van der Waals surface area contributed by atoms with Crippen molar-refractivity contribution in [1.29, 1.82) is 0 Å². The van der Waals surface area contributed by atoms with Gasteiger partial charge in [-0.1, -0.05) is 91.9 Å². The summed E-state index contributed by atoms with van der Waals surface area (Å²) in [6.45, 7) is 2.21. The third-order valence-corrected chi connectivity index (χ3v) is 7.13. The van der Waals surface area contributed by atoms with Gasteiger partial charge < -0.3 is 19.1 Å². The van der Waals surface area contributed by atoms with Crippen molar-refractivity contribution in [3.63, 3.8) is 0 Å². The van der Waals surface area contributed by atoms with Crippen LogP contribution < -0.4 is 4.74 Å². The molecule has 0 bridgehead atoms. The summed E-state index contributed by atoms with van der Waals surface area (Å²) in [5.74, 6) is -0.0678. The number of carbonyl (C=O) groups is 2. The van der Waals surface area contributed by atoms with Crippen molar-refractivity contribution in [3.05, 3.63) is 126 Å². The lowest BCUT2D eigenvalue weighted by Gasteiger charge is -2.36. The first-order valence-corrected chi connectivity index (χ1v) is 12.8. The highest BCUT2D eigenvalue weighted by Crippen LogP contribution is 2.43. The number of benzene rings is 3. The van der Waals surface area contributed by atoms with Gasteiger partial charge in [-0.05, 0) is 35.7 Å². The number of rotatable bonds is 7. The van der Waals surface area contributed by atoms with E-state index in [9.17, 15) is 9.59 Å². The number of ether oxygens (including phenoxy) is 3. The molecule has 2 aliphatic rings. The van der Waals surface area contributed by atoms with Gasteiger partial charge in [0.2, 0.25) is 0 Å². The molecule has 5 atom stereocenters. The summed E-state index contributed by atoms with van der Waals surface area (Å²) in [5, 5.41) is 0. The summed E-state index contributed by atoms with van der Waals surface area (Å²) in [7, 11) is 1.60. The number of hydrogen-bond donors (Lipinski definition) is 0. The summed E-state index contributed by atoms with van der Waals surface area (Å²) < 4.78 is 17.6. The van der Waals surface area contributed by atoms with Crippen LogP contribution in [0.1, 0.15) is 34.6 Å². The van der Waals surface area contributed by atoms with Crippen LogP contribution in [0.4, 0.5) is 0 Å². The summed E-state index contributed by atoms with van der Waals surface area (Å²) in [4.78, 5) is 29.4. The van der Waals surface area contributed by atoms with Crippen LogP contribution in [0.25, 0.3) is 0 Å². The molecule has 0 spiro atoms. The summed E-state index contributed by atoms with van der Waals surface area (Å²) in [5.41, 5.74) is 2.16. The minimum atomic E-state index is -0.970. The van der Waals surface area contributed by atoms with Crippen LogP contribution >= 0.6 is 0 Å². The predicted molar refractivity (Wildman–Crippen MR) is 144 cm³/mol. The van der Waals surface area contributed by atoms with Gasteiger partial charge in [0.05, 0.1) is 13.2 Å². The first-order valence-electron chi connectivity index (χ1n) is 12.8. The zero-order valence-electron chi connectivity index (χ0n) is 21.5. The van der Waals surface area contributed by atoms with Crippen molar-refractivity contribution in [2.45, 2.75) is 31.9 Å². The maximum atomic E-state index is 14.1. The van der Waals surface area contributed by atoms with E-state index in [2.05, 4.69) is 19.1 Å². The molecule has 1 aliphatic carbocycles. The summed E-state index contributed by atoms with van der Waals surface area (Å²) in [6, 6.07) is 25.4. The fraction of sp³-hybridized carbons (Fsp3) is 0.250. The molecule has 38 heavy (non-hydrogen) atoms. The van der Waals surface area contributed by atoms with Gasteiger partial charge in [0.25, 0.3) is 5.91 Å². The third-order valence-electron chi connectivity index (χ3n) is 7.13. The lowest BCUT2D eigenvalue weighted by Crippen LogP contribution is -2.49. The monoisotopic (exact) mass is 509 g/mol. The fourth-order valence-electron chi connectivity index (χ4n) is 5.12. The Morgan fingerprint density at radius 2 is 1.53 bits per heavy atom. The Labute approximate surface area is 223 Å². The number of allylic oxidation sites excluding steroid dienone is 3. The van der Waals surface area contributed by atoms with E-state index in [1.165, 1.54) is 0 Å². The van der Waals surface area contributed by atoms with E-state index in [0.717, 1.165) is 11.1 Å². The number of hydrogen-bond acceptors (Lipinski definition) is 5. The van der Waals surface area contributed by atoms with Crippen molar-refractivity contribution < 1.29 is 23.8 Å². The number of esters is 1. The van der Waals surface area contributed by atoms with E-state index in [1.807, 2.05) is 84.9 Å². The molecule has 6 nitrogen and oxygen atoms in total. The SMILES string of the molecule is COc1ccc(C2O[C@@H](C(=O)OCc3ccccc3)[C@H](C3C=CC=CC3C)N2C(=O)c2ccccc2)cc1. The second kappa shape index (κ2) is 11.5. The van der Waals surface area contributed by atoms with Crippen LogP contribution in [0.5, 0.6) is 5.75 Å². The summed E-state index contributed by atoms with van der Waals surface area (Å²) in [6.07, 6.45) is 6.34. The molecule has 194 valence electrons. The lowest BCUT2D eigenvalue weighted by molar-refractivity contribution is -0.159. The fourth-order valence-corrected chi connectivity index (χ4v) is 5.12. The Morgan fingerprint density at radius 3 is 2.18 bits per heavy atom. The highest BCUT2D eigenvalue weighted by Gasteiger charge is 2.53. The molecular formula is C32H31NO5. The molecule has 6 heteroatoms. The Balaban J connectivity index is 1.54. The second-order valence-electron chi connectivity index (χ2n) is 9.55. The third kappa shape index (κ3) is 5.27. The second-order valence-corrected chi connectivity index (χ2v) is 9.55. The molecule has 1 aliphatic heterocycles. The maximum absolute atomic E-state index is 14.1. The first-order chi connectivity index (χ1) is 18.6. The van der Waals surface area contributed by atoms with E-state index >= 15 is 0 Å². The quantitative estimate of drug-likeness (QED) is 0.381. The van der Waals surface area contributed by atoms with Crippen LogP contribution in [-0.2, 0) is 20.9 Å². The van der Waals surface area contributed by atoms with Crippen LogP contribution in [0.15, 0.2) is 109 Å². The van der Waals surface area contributed by atoms with Crippen molar-refractivity contribution >= 4 is 11.9 Å². The van der Waals surface area contributed by atoms with Crippen LogP contribution in [-0.4, -0.2) is 36.0 Å². The van der Waals surface area contributed by atoms with Gasteiger partial charge in [0.1, 0.15) is 12.4 Å². The molecule has 1 heterocycles. The van der Waals surface area contributed by atoms with Crippen molar-refractivity contribution in [3.8, 4) is 5.75 Å². The lowest BCUT2D eigenvalue weighted by atomic mass is 9.81. The standard InChI is InChI=1S/C32H31NO5/c1-22-11-9-10-16-27(22)28-29(32(35)37-21-23-12-5-3-6-13-23)38-31(25-17-19-26(36-2)20-18-25)33(28)30(34)24-14-7-4-8-15-24/h3-20,22,27-29,31H,21H2,1-2H3/t22?,27?,28-,29+,31?/m0/s1. The van der Waals surface area contributed by atoms with Crippen LogP contribution in [0.3, 0.4) is 0 Å². The highest BCUT2D eigenvalue weighted by molar-refractivity contribution is 5.95. The van der Waals surface area contributed by atoms with Crippen molar-refractivity contribution in [1.82, 2.24) is 4.90 Å². The van der Waals surface area contributed by atoms with Crippen LogP contribution in [0.2, 0.25) is 0 Å². The van der Waals surface area contributed by atoms with Gasteiger partial charge in [-0.25, -0.2) is 4.79 Å². The average molecular weight is 510 g/mol. The van der Waals surface area contributed by atoms with Gasteiger partial charge in [-0.3, -0.25) is 4.79 Å². The minimum absolute atomic E-state index is 0.0821. The van der Waals surface area contributed by atoms with Gasteiger partial charge in [0, 0.05) is 17.0 Å². The van der Waals surface area contributed by atoms with Gasteiger partial charge in [0.15, 0.2) is 12.3 Å². The molecule has 0 N–H and O–H groups in total. The number of amides is 1. The number of nitrogens with zero attached hydrogens (tertiary/aromatic N) is 1. The predicted octanol–water partition coefficient (Wildman–Crippen LogP) is 5.73. The number of methoxy groups -OCH3 is 1. The Kier molecular flexibility index (Phi) is 7.70. The van der Waals surface area contributed by atoms with E-state index in [1.54, 1.807) is 24.1 Å². The van der Waals surface area contributed by atoms with E-state index in [0.29, 0.717) is 11.3 Å². The van der Waals surface area contributed by atoms with Gasteiger partial charge in [-0.2, -0.15) is 0 Å². The Bertz CT molecular complexity index is 1300. The van der Waals surface area contributed by atoms with E-state index in [4.69, 9.17) is 14.2 Å². The average Bonchev–Trinajstić information content (AvgIpc) is 3.37. The molecule has 3 aromatic rings. The molecule has 3 aromatic carbocycles. The first kappa shape index (κ1) is 25.5. The largest absolute Gasteiger partial charge is 0.497 e. The molecule has 0 saturated carbocycles. The molecule has 1 amide bonds. The Morgan fingerprint density at radius 1 is 0.868 bits per heavy atom. The van der Waals surface area contributed by atoms with Gasteiger partial charge in [-0.15, -0.1) is 0 Å². The van der Waals surface area contributed by atoms with E-state index in [-0.39, 0.29) is 24.3 Å². The van der Waals surface area contributed by atoms with Crippen LogP contribution in [0, 0.1) is 11.8 Å². The van der Waals surface area contributed by atoms with Gasteiger partial charge >= 0.3 is 5.97 Å². The minimum Gasteiger partial charge on any atom is -0.497 e. The maximum Gasteiger partial charge on any atom is 0.337 e. The normalized spacial score (nSPS) is 24.3. The molecule has 1 saturated heterocycles. The van der Waals surface area contributed by atoms with E-state index < -0.39 is 24.3 Å². The zero-order valence-corrected chi connectivity index (χ0v) is 21.5. The smallest absolute Gasteiger partial charge is 0.337 e. The topological polar surface area (TPSA) is 65.1 Å². The molecule has 3 unspecified atom stereocenters. The molecule has 5 rings (SSSR count). The Hall–Kier alpha value is -4.16. The van der Waals surface area contributed by atoms with Crippen molar-refractivity contribution in [2.24, 2.45) is 11.8 Å². The molecule has 1 fully saturated rings. The molecule has 0 aromatic heterocycles. The zero-order chi connectivity index (χ0) is 26.5.